The van der Waals surface area contributed by atoms with E-state index in [9.17, 15) is 4.39 Å². The van der Waals surface area contributed by atoms with Gasteiger partial charge in [0.05, 0.1) is 12.2 Å². The predicted octanol–water partition coefficient (Wildman–Crippen LogP) is 2.67. The number of hydrogen-bond donors (Lipinski definition) is 0. The Morgan fingerprint density at radius 1 is 1.19 bits per heavy atom. The summed E-state index contributed by atoms with van der Waals surface area (Å²) in [4.78, 5) is 0. The van der Waals surface area contributed by atoms with Crippen molar-refractivity contribution >= 4 is 17.4 Å². The fraction of sp³-hybridized carbons (Fsp3) is 0.214. The van der Waals surface area contributed by atoms with Gasteiger partial charge in [0.1, 0.15) is 10.8 Å². The van der Waals surface area contributed by atoms with Crippen LogP contribution >= 0.6 is 11.8 Å². The minimum Gasteiger partial charge on any atom is -0.384 e. The number of fused-ring (bicyclic) bond motifs is 1. The van der Waals surface area contributed by atoms with Gasteiger partial charge >= 0.3 is 0 Å². The summed E-state index contributed by atoms with van der Waals surface area (Å²) >= 11 is 1.57. The Bertz CT molecular complexity index is 762. The van der Waals surface area contributed by atoms with E-state index in [0.717, 1.165) is 10.8 Å². The van der Waals surface area contributed by atoms with E-state index in [4.69, 9.17) is 4.74 Å². The molecule has 3 rings (SSSR count). The molecule has 0 bridgehead atoms. The zero-order valence-electron chi connectivity index (χ0n) is 11.4. The van der Waals surface area contributed by atoms with Gasteiger partial charge in [-0.15, -0.1) is 22.0 Å². The van der Waals surface area contributed by atoms with Crippen LogP contribution < -0.4 is 0 Å². The van der Waals surface area contributed by atoms with Crippen molar-refractivity contribution in [1.29, 1.82) is 0 Å². The average Bonchev–Trinajstić information content (AvgIpc) is 2.91. The Kier molecular flexibility index (Phi) is 4.12. The van der Waals surface area contributed by atoms with Gasteiger partial charge in [0.25, 0.3) is 0 Å². The van der Waals surface area contributed by atoms with E-state index in [1.807, 2.05) is 12.1 Å². The Morgan fingerprint density at radius 2 is 2.05 bits per heavy atom. The minimum atomic E-state index is -0.342. The molecule has 0 saturated carbocycles. The summed E-state index contributed by atoms with van der Waals surface area (Å²) in [6, 6.07) is 10.2. The van der Waals surface area contributed by atoms with Gasteiger partial charge in [-0.25, -0.2) is 4.39 Å². The van der Waals surface area contributed by atoms with E-state index >= 15 is 0 Å². The molecular weight excluding hydrogens is 291 g/mol. The third-order valence-electron chi connectivity index (χ3n) is 2.89. The van der Waals surface area contributed by atoms with Gasteiger partial charge in [0.2, 0.25) is 0 Å². The highest BCUT2D eigenvalue weighted by molar-refractivity contribution is 7.99. The van der Waals surface area contributed by atoms with Crippen molar-refractivity contribution in [3.63, 3.8) is 0 Å². The lowest BCUT2D eigenvalue weighted by atomic mass is 10.2. The lowest BCUT2D eigenvalue weighted by Gasteiger charge is -2.03. The van der Waals surface area contributed by atoms with Crippen LogP contribution in [-0.4, -0.2) is 39.3 Å². The molecule has 21 heavy (non-hydrogen) atoms. The van der Waals surface area contributed by atoms with E-state index in [-0.39, 0.29) is 5.82 Å². The van der Waals surface area contributed by atoms with Gasteiger partial charge in [0.15, 0.2) is 11.5 Å². The van der Waals surface area contributed by atoms with Gasteiger partial charge in [-0.1, -0.05) is 12.1 Å². The predicted molar refractivity (Wildman–Crippen MR) is 78.8 cm³/mol. The van der Waals surface area contributed by atoms with Crippen LogP contribution in [-0.2, 0) is 4.74 Å². The van der Waals surface area contributed by atoms with E-state index in [0.29, 0.717) is 23.6 Å². The van der Waals surface area contributed by atoms with Gasteiger partial charge < -0.3 is 4.74 Å². The second kappa shape index (κ2) is 6.19. The van der Waals surface area contributed by atoms with E-state index in [2.05, 4.69) is 15.3 Å². The number of benzene rings is 1. The van der Waals surface area contributed by atoms with Crippen LogP contribution in [0.2, 0.25) is 0 Å². The topological polar surface area (TPSA) is 52.3 Å². The Labute approximate surface area is 125 Å². The third kappa shape index (κ3) is 2.88. The van der Waals surface area contributed by atoms with Crippen LogP contribution in [0.5, 0.6) is 0 Å². The summed E-state index contributed by atoms with van der Waals surface area (Å²) < 4.78 is 20.5. The van der Waals surface area contributed by atoms with Crippen LogP contribution in [0.25, 0.3) is 17.0 Å². The number of thioether (sulfide) groups is 1. The van der Waals surface area contributed by atoms with Crippen molar-refractivity contribution in [1.82, 2.24) is 19.8 Å². The molecule has 0 atom stereocenters. The third-order valence-corrected chi connectivity index (χ3v) is 3.77. The molecule has 0 aliphatic carbocycles. The lowest BCUT2D eigenvalue weighted by Crippen LogP contribution is -1.99. The summed E-state index contributed by atoms with van der Waals surface area (Å²) in [6.07, 6.45) is 0. The molecule has 0 amide bonds. The highest BCUT2D eigenvalue weighted by atomic mass is 32.2. The molecule has 2 aromatic heterocycles. The number of nitrogens with zero attached hydrogens (tertiary/aromatic N) is 4. The maximum atomic E-state index is 13.9. The molecular formula is C14H13FN4OS. The molecule has 0 saturated heterocycles. The monoisotopic (exact) mass is 304 g/mol. The first-order valence-corrected chi connectivity index (χ1v) is 7.37. The van der Waals surface area contributed by atoms with E-state index in [1.54, 1.807) is 41.6 Å². The SMILES string of the molecule is COCCSc1ccc2nnc(-c3ccccc3F)n2n1. The number of aromatic nitrogens is 4. The van der Waals surface area contributed by atoms with Crippen LogP contribution in [0.1, 0.15) is 0 Å². The summed E-state index contributed by atoms with van der Waals surface area (Å²) in [5, 5.41) is 13.3. The summed E-state index contributed by atoms with van der Waals surface area (Å²) in [5.74, 6) is 0.856. The van der Waals surface area contributed by atoms with Crippen molar-refractivity contribution in [2.45, 2.75) is 5.03 Å². The molecule has 2 heterocycles. The Morgan fingerprint density at radius 3 is 2.86 bits per heavy atom. The van der Waals surface area contributed by atoms with Crippen LogP contribution in [0.15, 0.2) is 41.4 Å². The maximum absolute atomic E-state index is 13.9. The quantitative estimate of drug-likeness (QED) is 0.536. The fourth-order valence-corrected chi connectivity index (χ4v) is 2.65. The highest BCUT2D eigenvalue weighted by Crippen LogP contribution is 2.22. The van der Waals surface area contributed by atoms with Gasteiger partial charge in [0, 0.05) is 12.9 Å². The highest BCUT2D eigenvalue weighted by Gasteiger charge is 2.13. The van der Waals surface area contributed by atoms with Crippen molar-refractivity contribution in [3.8, 4) is 11.4 Å². The van der Waals surface area contributed by atoms with E-state index in [1.165, 1.54) is 6.07 Å². The Hall–Kier alpha value is -1.99. The maximum Gasteiger partial charge on any atom is 0.188 e. The molecule has 0 aliphatic rings. The van der Waals surface area contributed by atoms with Crippen molar-refractivity contribution < 1.29 is 9.13 Å². The normalized spacial score (nSPS) is 11.1. The first-order valence-electron chi connectivity index (χ1n) is 6.38. The van der Waals surface area contributed by atoms with Crippen molar-refractivity contribution in [3.05, 3.63) is 42.2 Å². The van der Waals surface area contributed by atoms with Crippen molar-refractivity contribution in [2.24, 2.45) is 0 Å². The molecule has 5 nitrogen and oxygen atoms in total. The summed E-state index contributed by atoms with van der Waals surface area (Å²) in [5.41, 5.74) is 0.973. The first-order chi connectivity index (χ1) is 10.3. The van der Waals surface area contributed by atoms with Crippen LogP contribution in [0.3, 0.4) is 0 Å². The number of rotatable bonds is 5. The molecule has 0 spiro atoms. The molecule has 3 aromatic rings. The molecule has 0 unspecified atom stereocenters. The summed E-state index contributed by atoms with van der Waals surface area (Å²) in [6.45, 7) is 0.646. The molecule has 7 heteroatoms. The van der Waals surface area contributed by atoms with Gasteiger partial charge in [-0.05, 0) is 24.3 Å². The second-order valence-electron chi connectivity index (χ2n) is 4.29. The molecule has 1 aromatic carbocycles. The number of methoxy groups -OCH3 is 1. The number of ether oxygens (including phenoxy) is 1. The molecule has 0 radical (unpaired) electrons. The number of hydrogen-bond acceptors (Lipinski definition) is 5. The van der Waals surface area contributed by atoms with E-state index < -0.39 is 0 Å². The van der Waals surface area contributed by atoms with Crippen molar-refractivity contribution in [2.75, 3.05) is 19.5 Å². The number of halogens is 1. The zero-order chi connectivity index (χ0) is 14.7. The Balaban J connectivity index is 2.00. The molecule has 0 aliphatic heterocycles. The molecule has 0 N–H and O–H groups in total. The zero-order valence-corrected chi connectivity index (χ0v) is 12.2. The smallest absolute Gasteiger partial charge is 0.188 e. The van der Waals surface area contributed by atoms with Gasteiger partial charge in [-0.3, -0.25) is 0 Å². The fourth-order valence-electron chi connectivity index (χ4n) is 1.89. The van der Waals surface area contributed by atoms with Crippen LogP contribution in [0, 0.1) is 5.82 Å². The average molecular weight is 304 g/mol. The largest absolute Gasteiger partial charge is 0.384 e. The van der Waals surface area contributed by atoms with Crippen LogP contribution in [0.4, 0.5) is 4.39 Å². The first kappa shape index (κ1) is 14.0. The molecule has 0 fully saturated rings. The minimum absolute atomic E-state index is 0.342. The second-order valence-corrected chi connectivity index (χ2v) is 5.40. The lowest BCUT2D eigenvalue weighted by molar-refractivity contribution is 0.218. The molecule has 108 valence electrons. The summed E-state index contributed by atoms with van der Waals surface area (Å²) in [7, 11) is 1.66. The standard InChI is InChI=1S/C14H13FN4OS/c1-20-8-9-21-13-7-6-12-16-17-14(19(12)18-13)10-4-2-3-5-11(10)15/h2-7H,8-9H2,1H3. The van der Waals surface area contributed by atoms with Gasteiger partial charge in [-0.2, -0.15) is 9.61 Å².